The Morgan fingerprint density at radius 1 is 0.970 bits per heavy atom. The lowest BCUT2D eigenvalue weighted by Gasteiger charge is -2.52. The summed E-state index contributed by atoms with van der Waals surface area (Å²) in [7, 11) is -1.61. The van der Waals surface area contributed by atoms with Crippen LogP contribution in [0, 0.1) is 40.9 Å². The summed E-state index contributed by atoms with van der Waals surface area (Å²) in [5.41, 5.74) is 0.560. The van der Waals surface area contributed by atoms with Crippen LogP contribution in [0.25, 0.3) is 0 Å². The third kappa shape index (κ3) is 6.29. The molecule has 0 saturated heterocycles. The van der Waals surface area contributed by atoms with Gasteiger partial charge in [-0.3, -0.25) is 0 Å². The average Bonchev–Trinajstić information content (AvgIpc) is 3.08. The van der Waals surface area contributed by atoms with E-state index in [1.165, 1.54) is 64.2 Å². The molecule has 3 heteroatoms. The van der Waals surface area contributed by atoms with Crippen LogP contribution in [-0.2, 0) is 4.43 Å². The van der Waals surface area contributed by atoms with Crippen molar-refractivity contribution < 1.29 is 9.53 Å². The molecule has 3 rings (SSSR count). The Balaban J connectivity index is 1.59. The molecule has 2 nitrogen and oxygen atoms in total. The standard InChI is InChI=1S/C30H58O2Si/c1-22-15-16-24(31)13-9-10-14-26-25(22)19-20-30(6)27(17-18-28(26)30)23(2)12-11-21-32-33(7,8)29(3,4)5/h22-28,31H,9-21H2,1-8H3/t22?,23-,24+,25-,26?,27-,28+,30?/m1/s1. The molecule has 0 amide bonds. The summed E-state index contributed by atoms with van der Waals surface area (Å²) >= 11 is 0. The molecular formula is C30H58O2Si. The van der Waals surface area contributed by atoms with Crippen molar-refractivity contribution in [2.75, 3.05) is 6.61 Å². The molecule has 0 aromatic rings. The van der Waals surface area contributed by atoms with Crippen LogP contribution in [-0.4, -0.2) is 26.1 Å². The molecule has 0 bridgehead atoms. The highest BCUT2D eigenvalue weighted by molar-refractivity contribution is 6.74. The summed E-state index contributed by atoms with van der Waals surface area (Å²) in [6.07, 6.45) is 15.6. The lowest BCUT2D eigenvalue weighted by atomic mass is 9.53. The maximum absolute atomic E-state index is 10.3. The summed E-state index contributed by atoms with van der Waals surface area (Å²) in [5.74, 6) is 5.30. The van der Waals surface area contributed by atoms with Crippen LogP contribution < -0.4 is 0 Å². The lowest BCUT2D eigenvalue weighted by molar-refractivity contribution is -0.0300. The SMILES string of the molecule is CC1CC[C@@H](O)CCCCC2[C@@H]1CCC1(C)[C@@H]([C@H](C)CCCO[Si](C)(C)C(C)(C)C)CC[C@@H]21. The normalized spacial score (nSPS) is 39.5. The Morgan fingerprint density at radius 3 is 2.36 bits per heavy atom. The van der Waals surface area contributed by atoms with E-state index in [1.54, 1.807) is 0 Å². The average molecular weight is 479 g/mol. The van der Waals surface area contributed by atoms with Crippen LogP contribution >= 0.6 is 0 Å². The Hall–Kier alpha value is 0.137. The van der Waals surface area contributed by atoms with E-state index in [0.29, 0.717) is 10.5 Å². The molecule has 0 radical (unpaired) electrons. The van der Waals surface area contributed by atoms with Gasteiger partial charge in [-0.1, -0.05) is 54.4 Å². The van der Waals surface area contributed by atoms with Gasteiger partial charge in [-0.2, -0.15) is 0 Å². The first kappa shape index (κ1) is 27.7. The van der Waals surface area contributed by atoms with Crippen LogP contribution in [0.4, 0.5) is 0 Å². The fraction of sp³-hybridized carbons (Fsp3) is 1.00. The maximum Gasteiger partial charge on any atom is 0.191 e. The smallest absolute Gasteiger partial charge is 0.191 e. The van der Waals surface area contributed by atoms with Crippen LogP contribution in [0.3, 0.4) is 0 Å². The molecule has 0 aromatic carbocycles. The van der Waals surface area contributed by atoms with Crippen molar-refractivity contribution in [2.24, 2.45) is 40.9 Å². The number of hydrogen-bond donors (Lipinski definition) is 1. The fourth-order valence-electron chi connectivity index (χ4n) is 8.14. The van der Waals surface area contributed by atoms with Gasteiger partial charge < -0.3 is 9.53 Å². The zero-order valence-corrected chi connectivity index (χ0v) is 24.6. The molecule has 1 N–H and O–H groups in total. The van der Waals surface area contributed by atoms with Crippen molar-refractivity contribution in [1.82, 2.24) is 0 Å². The Kier molecular flexibility index (Phi) is 9.27. The fourth-order valence-corrected chi connectivity index (χ4v) is 9.23. The van der Waals surface area contributed by atoms with E-state index in [4.69, 9.17) is 4.43 Å². The summed E-state index contributed by atoms with van der Waals surface area (Å²) in [5, 5.41) is 10.6. The predicted octanol–water partition coefficient (Wildman–Crippen LogP) is 8.83. The van der Waals surface area contributed by atoms with Gasteiger partial charge in [0.1, 0.15) is 0 Å². The molecule has 3 aliphatic carbocycles. The van der Waals surface area contributed by atoms with Crippen LogP contribution in [0.15, 0.2) is 0 Å². The topological polar surface area (TPSA) is 29.5 Å². The van der Waals surface area contributed by atoms with Crippen LogP contribution in [0.1, 0.15) is 119 Å². The zero-order valence-electron chi connectivity index (χ0n) is 23.6. The highest BCUT2D eigenvalue weighted by Gasteiger charge is 2.55. The van der Waals surface area contributed by atoms with Crippen molar-refractivity contribution >= 4 is 8.32 Å². The zero-order chi connectivity index (χ0) is 24.4. The van der Waals surface area contributed by atoms with Gasteiger partial charge in [-0.05, 0) is 123 Å². The molecular weight excluding hydrogens is 420 g/mol. The number of fused-ring (bicyclic) bond motifs is 3. The second-order valence-corrected chi connectivity index (χ2v) is 19.2. The lowest BCUT2D eigenvalue weighted by Crippen LogP contribution is -2.44. The third-order valence-electron chi connectivity index (χ3n) is 11.3. The molecule has 194 valence electrons. The molecule has 3 saturated carbocycles. The van der Waals surface area contributed by atoms with Crippen molar-refractivity contribution in [2.45, 2.75) is 143 Å². The van der Waals surface area contributed by atoms with Gasteiger partial charge in [0.2, 0.25) is 0 Å². The van der Waals surface area contributed by atoms with Crippen molar-refractivity contribution in [3.05, 3.63) is 0 Å². The molecule has 0 aliphatic heterocycles. The van der Waals surface area contributed by atoms with Crippen LogP contribution in [0.5, 0.6) is 0 Å². The highest BCUT2D eigenvalue weighted by atomic mass is 28.4. The molecule has 3 fully saturated rings. The van der Waals surface area contributed by atoms with Gasteiger partial charge in [-0.15, -0.1) is 0 Å². The van der Waals surface area contributed by atoms with E-state index in [0.717, 1.165) is 55.0 Å². The third-order valence-corrected chi connectivity index (χ3v) is 15.9. The number of aliphatic hydroxyl groups is 1. The minimum Gasteiger partial charge on any atom is -0.417 e. The number of aliphatic hydroxyl groups excluding tert-OH is 1. The minimum absolute atomic E-state index is 0.0461. The van der Waals surface area contributed by atoms with Crippen molar-refractivity contribution in [1.29, 1.82) is 0 Å². The monoisotopic (exact) mass is 478 g/mol. The van der Waals surface area contributed by atoms with E-state index in [1.807, 2.05) is 0 Å². The van der Waals surface area contributed by atoms with E-state index in [9.17, 15) is 5.11 Å². The summed E-state index contributed by atoms with van der Waals surface area (Å²) in [4.78, 5) is 0. The summed E-state index contributed by atoms with van der Waals surface area (Å²) in [6.45, 7) is 20.5. The minimum atomic E-state index is -1.61. The van der Waals surface area contributed by atoms with E-state index in [2.05, 4.69) is 54.6 Å². The molecule has 8 atom stereocenters. The summed E-state index contributed by atoms with van der Waals surface area (Å²) < 4.78 is 6.50. The van der Waals surface area contributed by atoms with Crippen LogP contribution in [0.2, 0.25) is 18.1 Å². The molecule has 0 spiro atoms. The molecule has 3 unspecified atom stereocenters. The Morgan fingerprint density at radius 2 is 1.67 bits per heavy atom. The van der Waals surface area contributed by atoms with Gasteiger partial charge in [0.25, 0.3) is 0 Å². The molecule has 0 aromatic heterocycles. The van der Waals surface area contributed by atoms with E-state index >= 15 is 0 Å². The van der Waals surface area contributed by atoms with Gasteiger partial charge in [0.05, 0.1) is 6.10 Å². The predicted molar refractivity (Wildman–Crippen MR) is 145 cm³/mol. The molecule has 3 aliphatic rings. The van der Waals surface area contributed by atoms with E-state index < -0.39 is 8.32 Å². The van der Waals surface area contributed by atoms with Crippen molar-refractivity contribution in [3.8, 4) is 0 Å². The molecule has 0 heterocycles. The highest BCUT2D eigenvalue weighted by Crippen LogP contribution is 2.63. The Bertz CT molecular complexity index is 611. The maximum atomic E-state index is 10.3. The quantitative estimate of drug-likeness (QED) is 0.305. The summed E-state index contributed by atoms with van der Waals surface area (Å²) in [6, 6.07) is 0. The van der Waals surface area contributed by atoms with E-state index in [-0.39, 0.29) is 6.10 Å². The Labute approximate surface area is 208 Å². The number of rotatable bonds is 6. The first-order valence-corrected chi connectivity index (χ1v) is 17.6. The first-order chi connectivity index (χ1) is 15.4. The van der Waals surface area contributed by atoms with Gasteiger partial charge in [0, 0.05) is 6.61 Å². The number of hydrogen-bond acceptors (Lipinski definition) is 2. The van der Waals surface area contributed by atoms with Gasteiger partial charge in [-0.25, -0.2) is 0 Å². The first-order valence-electron chi connectivity index (χ1n) is 14.7. The van der Waals surface area contributed by atoms with Gasteiger partial charge >= 0.3 is 0 Å². The second-order valence-electron chi connectivity index (χ2n) is 14.4. The van der Waals surface area contributed by atoms with Crippen molar-refractivity contribution in [3.63, 3.8) is 0 Å². The second kappa shape index (κ2) is 11.0. The van der Waals surface area contributed by atoms with Gasteiger partial charge in [0.15, 0.2) is 8.32 Å². The largest absolute Gasteiger partial charge is 0.417 e. The molecule has 33 heavy (non-hydrogen) atoms.